The second-order valence-electron chi connectivity index (χ2n) is 8.87. The molecule has 8 heteroatoms. The van der Waals surface area contributed by atoms with E-state index in [0.717, 1.165) is 16.7 Å². The van der Waals surface area contributed by atoms with Gasteiger partial charge in [0.25, 0.3) is 5.91 Å². The minimum Gasteiger partial charge on any atom is -0.310 e. The summed E-state index contributed by atoms with van der Waals surface area (Å²) < 4.78 is 0. The topological polar surface area (TPSA) is 106 Å². The number of amides is 4. The van der Waals surface area contributed by atoms with Crippen LogP contribution in [0, 0.1) is 11.3 Å². The number of benzene rings is 1. The van der Waals surface area contributed by atoms with E-state index in [0.29, 0.717) is 11.5 Å². The summed E-state index contributed by atoms with van der Waals surface area (Å²) in [6.07, 6.45) is 1.79. The summed E-state index contributed by atoms with van der Waals surface area (Å²) in [5.41, 5.74) is 1.07. The molecule has 0 radical (unpaired) electrons. The minimum atomic E-state index is -1.06. The summed E-state index contributed by atoms with van der Waals surface area (Å²) >= 11 is 0. The molecule has 1 aromatic carbocycles. The Balaban J connectivity index is 1.65. The van der Waals surface area contributed by atoms with Crippen LogP contribution in [0.3, 0.4) is 0 Å². The average molecular weight is 417 g/mol. The average Bonchev–Trinajstić information content (AvgIpc) is 3.19. The fourth-order valence-electron chi connectivity index (χ4n) is 3.91. The van der Waals surface area contributed by atoms with Crippen LogP contribution in [0.2, 0.25) is 0 Å². The molecule has 2 aromatic rings. The summed E-state index contributed by atoms with van der Waals surface area (Å²) in [5, 5.41) is 12.0. The van der Waals surface area contributed by atoms with Crippen molar-refractivity contribution >= 4 is 29.4 Å². The molecule has 1 aromatic heterocycles. The lowest BCUT2D eigenvalue weighted by atomic mass is 9.86. The molecule has 2 aliphatic heterocycles. The smallest absolute Gasteiger partial charge is 0.310 e. The summed E-state index contributed by atoms with van der Waals surface area (Å²) in [5.74, 6) is 0.0376. The molecule has 0 saturated carbocycles. The van der Waals surface area contributed by atoms with Crippen LogP contribution in [0.1, 0.15) is 44.4 Å². The highest BCUT2D eigenvalue weighted by Gasteiger charge is 2.52. The molecule has 4 rings (SSSR count). The van der Waals surface area contributed by atoms with Gasteiger partial charge in [-0.3, -0.25) is 9.59 Å². The van der Waals surface area contributed by atoms with Crippen molar-refractivity contribution in [2.24, 2.45) is 0 Å². The highest BCUT2D eigenvalue weighted by molar-refractivity contribution is 6.23. The third-order valence-corrected chi connectivity index (χ3v) is 6.03. The molecule has 8 nitrogen and oxygen atoms in total. The number of carbonyl (C=O) groups excluding carboxylic acids is 3. The van der Waals surface area contributed by atoms with Gasteiger partial charge in [0, 0.05) is 18.3 Å². The van der Waals surface area contributed by atoms with Crippen LogP contribution in [0.5, 0.6) is 0 Å². The Bertz CT molecular complexity index is 1140. The van der Waals surface area contributed by atoms with Gasteiger partial charge in [-0.2, -0.15) is 5.26 Å². The van der Waals surface area contributed by atoms with Crippen molar-refractivity contribution in [1.29, 1.82) is 5.26 Å². The number of nitriles is 1. The highest BCUT2D eigenvalue weighted by Crippen LogP contribution is 2.35. The normalized spacial score (nSPS) is 17.6. The fraction of sp³-hybridized carbons (Fsp3) is 0.348. The van der Waals surface area contributed by atoms with E-state index < -0.39 is 17.0 Å². The van der Waals surface area contributed by atoms with Gasteiger partial charge in [0.1, 0.15) is 11.4 Å². The highest BCUT2D eigenvalue weighted by atomic mass is 16.2. The van der Waals surface area contributed by atoms with Crippen LogP contribution >= 0.6 is 0 Å². The third-order valence-electron chi connectivity index (χ3n) is 6.03. The lowest BCUT2D eigenvalue weighted by Crippen LogP contribution is -2.43. The molecular formula is C23H23N5O3. The summed E-state index contributed by atoms with van der Waals surface area (Å²) in [6, 6.07) is 10.5. The zero-order chi connectivity index (χ0) is 22.6. The van der Waals surface area contributed by atoms with E-state index >= 15 is 0 Å². The third kappa shape index (κ3) is 3.22. The number of nitrogens with one attached hydrogen (secondary N) is 1. The molecule has 0 unspecified atom stereocenters. The van der Waals surface area contributed by atoms with Gasteiger partial charge in [-0.15, -0.1) is 0 Å². The molecule has 1 N–H and O–H groups in total. The fourth-order valence-corrected chi connectivity index (χ4v) is 3.91. The van der Waals surface area contributed by atoms with Crippen molar-refractivity contribution in [3.05, 3.63) is 53.2 Å². The number of imide groups is 1. The van der Waals surface area contributed by atoms with Gasteiger partial charge in [-0.1, -0.05) is 12.1 Å². The number of urea groups is 1. The van der Waals surface area contributed by atoms with E-state index in [9.17, 15) is 19.6 Å². The van der Waals surface area contributed by atoms with E-state index in [1.165, 1.54) is 9.80 Å². The van der Waals surface area contributed by atoms with Crippen molar-refractivity contribution in [1.82, 2.24) is 9.88 Å². The summed E-state index contributed by atoms with van der Waals surface area (Å²) in [4.78, 5) is 45.2. The lowest BCUT2D eigenvalue weighted by molar-refractivity contribution is -0.123. The molecule has 1 fully saturated rings. The van der Waals surface area contributed by atoms with Gasteiger partial charge in [0.2, 0.25) is 5.91 Å². The maximum Gasteiger partial charge on any atom is 0.332 e. The second kappa shape index (κ2) is 6.91. The first-order chi connectivity index (χ1) is 14.6. The lowest BCUT2D eigenvalue weighted by Gasteiger charge is -2.28. The molecule has 0 atom stereocenters. The first kappa shape index (κ1) is 20.5. The molecule has 0 bridgehead atoms. The van der Waals surface area contributed by atoms with Gasteiger partial charge in [0.15, 0.2) is 0 Å². The number of hydrogen-bond donors (Lipinski definition) is 1. The van der Waals surface area contributed by atoms with E-state index in [-0.39, 0.29) is 24.8 Å². The molecule has 3 heterocycles. The Morgan fingerprint density at radius 1 is 1.16 bits per heavy atom. The van der Waals surface area contributed by atoms with E-state index in [4.69, 9.17) is 0 Å². The molecule has 0 aliphatic carbocycles. The van der Waals surface area contributed by atoms with Gasteiger partial charge >= 0.3 is 6.03 Å². The predicted octanol–water partition coefficient (Wildman–Crippen LogP) is 3.12. The molecular weight excluding hydrogens is 394 g/mol. The Morgan fingerprint density at radius 2 is 1.84 bits per heavy atom. The van der Waals surface area contributed by atoms with Crippen molar-refractivity contribution < 1.29 is 14.4 Å². The van der Waals surface area contributed by atoms with Crippen molar-refractivity contribution in [3.63, 3.8) is 0 Å². The van der Waals surface area contributed by atoms with E-state index in [2.05, 4.69) is 16.4 Å². The summed E-state index contributed by atoms with van der Waals surface area (Å²) in [6.45, 7) is 7.24. The molecule has 158 valence electrons. The number of pyridine rings is 1. The quantitative estimate of drug-likeness (QED) is 0.769. The van der Waals surface area contributed by atoms with E-state index in [1.807, 2.05) is 13.8 Å². The van der Waals surface area contributed by atoms with Crippen LogP contribution in [0.25, 0.3) is 0 Å². The Hall–Kier alpha value is -3.73. The standard InChI is InChI=1S/C23H23N5O3/c1-22(2,13-24)15-5-7-16(8-6-15)28-20(30)23(3,4)27(21(28)31)12-14-9-10-25-19-17(14)11-18(29)26-19/h5-10H,11-12H2,1-4H3,(H,25,26,29). The summed E-state index contributed by atoms with van der Waals surface area (Å²) in [7, 11) is 0. The number of anilines is 2. The van der Waals surface area contributed by atoms with Gasteiger partial charge in [-0.05, 0) is 57.0 Å². The van der Waals surface area contributed by atoms with Gasteiger partial charge < -0.3 is 10.2 Å². The molecule has 2 aliphatic rings. The molecule has 4 amide bonds. The van der Waals surface area contributed by atoms with Crippen molar-refractivity contribution in [2.75, 3.05) is 10.2 Å². The minimum absolute atomic E-state index is 0.139. The van der Waals surface area contributed by atoms with Crippen LogP contribution in [-0.4, -0.2) is 33.3 Å². The molecule has 1 saturated heterocycles. The van der Waals surface area contributed by atoms with Crippen molar-refractivity contribution in [2.45, 2.75) is 51.6 Å². The monoisotopic (exact) mass is 417 g/mol. The zero-order valence-corrected chi connectivity index (χ0v) is 17.9. The second-order valence-corrected chi connectivity index (χ2v) is 8.87. The first-order valence-corrected chi connectivity index (χ1v) is 10.0. The largest absolute Gasteiger partial charge is 0.332 e. The van der Waals surface area contributed by atoms with Crippen LogP contribution in [-0.2, 0) is 28.0 Å². The van der Waals surface area contributed by atoms with Crippen molar-refractivity contribution in [3.8, 4) is 6.07 Å². The van der Waals surface area contributed by atoms with Gasteiger partial charge in [-0.25, -0.2) is 14.7 Å². The SMILES string of the molecule is CC(C)(C#N)c1ccc(N2C(=O)N(Cc3ccnc4c3CC(=O)N4)C(C)(C)C2=O)cc1. The Labute approximate surface area is 180 Å². The molecule has 31 heavy (non-hydrogen) atoms. The van der Waals surface area contributed by atoms with Gasteiger partial charge in [0.05, 0.1) is 23.6 Å². The number of fused-ring (bicyclic) bond motifs is 1. The number of nitrogens with zero attached hydrogens (tertiary/aromatic N) is 4. The van der Waals surface area contributed by atoms with E-state index in [1.54, 1.807) is 50.4 Å². The zero-order valence-electron chi connectivity index (χ0n) is 17.9. The number of rotatable bonds is 4. The number of hydrogen-bond acceptors (Lipinski definition) is 5. The van der Waals surface area contributed by atoms with Crippen LogP contribution in [0.4, 0.5) is 16.3 Å². The van der Waals surface area contributed by atoms with Crippen LogP contribution < -0.4 is 10.2 Å². The number of carbonyl (C=O) groups is 3. The first-order valence-electron chi connectivity index (χ1n) is 10.0. The molecule has 0 spiro atoms. The maximum absolute atomic E-state index is 13.3. The number of aromatic nitrogens is 1. The predicted molar refractivity (Wildman–Crippen MR) is 114 cm³/mol. The Kier molecular flexibility index (Phi) is 4.58. The maximum atomic E-state index is 13.3. The van der Waals surface area contributed by atoms with Crippen LogP contribution in [0.15, 0.2) is 36.5 Å². The Morgan fingerprint density at radius 3 is 2.48 bits per heavy atom.